The van der Waals surface area contributed by atoms with Crippen LogP contribution in [0.3, 0.4) is 0 Å². The van der Waals surface area contributed by atoms with Crippen molar-refractivity contribution in [1.82, 2.24) is 0 Å². The van der Waals surface area contributed by atoms with Crippen molar-refractivity contribution in [2.45, 2.75) is 12.4 Å². The highest BCUT2D eigenvalue weighted by molar-refractivity contribution is 4.84. The minimum atomic E-state index is -1.21. The Morgan fingerprint density at radius 3 is 2.17 bits per heavy atom. The molecule has 0 aromatic carbocycles. The third-order valence-corrected chi connectivity index (χ3v) is 1.15. The third kappa shape index (κ3) is 5.22. The summed E-state index contributed by atoms with van der Waals surface area (Å²) in [4.78, 5) is 0. The summed E-state index contributed by atoms with van der Waals surface area (Å²) in [7, 11) is 0. The second kappa shape index (κ2) is 7.20. The summed E-state index contributed by atoms with van der Waals surface area (Å²) in [6.45, 7) is -0.912. The average molecular weight is 178 g/mol. The summed E-state index contributed by atoms with van der Waals surface area (Å²) in [5, 5.41) is 34.3. The maximum atomic E-state index is 8.97. The first kappa shape index (κ1) is 11.5. The molecule has 4 N–H and O–H groups in total. The van der Waals surface area contributed by atoms with Gasteiger partial charge < -0.3 is 25.2 Å². The van der Waals surface area contributed by atoms with Gasteiger partial charge in [0.1, 0.15) is 6.10 Å². The summed E-state index contributed by atoms with van der Waals surface area (Å²) in [6.07, 6.45) is 0.527. The van der Waals surface area contributed by atoms with Gasteiger partial charge in [0, 0.05) is 0 Å². The molecule has 0 fully saturated rings. The monoisotopic (exact) mass is 178 g/mol. The standard InChI is InChI=1S/C7H14O5/c8-3-1-2-7(11)12-6(4-9)5-10/h1-2,6-11H,3-5H2. The Kier molecular flexibility index (Phi) is 6.93. The minimum absolute atomic E-state index is 0.191. The van der Waals surface area contributed by atoms with Crippen molar-refractivity contribution in [3.05, 3.63) is 12.2 Å². The molecular weight excluding hydrogens is 164 g/mol. The lowest BCUT2D eigenvalue weighted by Crippen LogP contribution is -2.27. The lowest BCUT2D eigenvalue weighted by atomic mass is 10.4. The van der Waals surface area contributed by atoms with Gasteiger partial charge in [-0.15, -0.1) is 0 Å². The molecule has 5 nitrogen and oxygen atoms in total. The molecule has 1 unspecified atom stereocenters. The molecule has 0 heterocycles. The first-order valence-corrected chi connectivity index (χ1v) is 3.57. The molecule has 0 radical (unpaired) electrons. The van der Waals surface area contributed by atoms with Gasteiger partial charge in [-0.3, -0.25) is 0 Å². The Labute approximate surface area is 70.5 Å². The van der Waals surface area contributed by atoms with Gasteiger partial charge in [-0.1, -0.05) is 6.08 Å². The minimum Gasteiger partial charge on any atom is -0.394 e. The fourth-order valence-electron chi connectivity index (χ4n) is 0.564. The van der Waals surface area contributed by atoms with Crippen LogP contribution in [0.2, 0.25) is 0 Å². The zero-order valence-electron chi connectivity index (χ0n) is 6.63. The highest BCUT2D eigenvalue weighted by Crippen LogP contribution is 1.96. The largest absolute Gasteiger partial charge is 0.394 e. The SMILES string of the molecule is OCC=CC(O)OC(CO)CO. The van der Waals surface area contributed by atoms with Gasteiger partial charge in [0.05, 0.1) is 19.8 Å². The molecule has 12 heavy (non-hydrogen) atoms. The van der Waals surface area contributed by atoms with Crippen molar-refractivity contribution < 1.29 is 25.2 Å². The van der Waals surface area contributed by atoms with Gasteiger partial charge in [-0.05, 0) is 6.08 Å². The van der Waals surface area contributed by atoms with E-state index in [9.17, 15) is 0 Å². The van der Waals surface area contributed by atoms with Crippen LogP contribution in [0.5, 0.6) is 0 Å². The number of hydrogen-bond acceptors (Lipinski definition) is 5. The van der Waals surface area contributed by atoms with Crippen molar-refractivity contribution in [2.75, 3.05) is 19.8 Å². The molecule has 0 rings (SSSR count). The molecule has 0 aromatic rings. The van der Waals surface area contributed by atoms with Crippen LogP contribution in [0.4, 0.5) is 0 Å². The maximum Gasteiger partial charge on any atom is 0.174 e. The van der Waals surface area contributed by atoms with E-state index in [-0.39, 0.29) is 19.8 Å². The topological polar surface area (TPSA) is 90.2 Å². The lowest BCUT2D eigenvalue weighted by Gasteiger charge is -2.14. The van der Waals surface area contributed by atoms with E-state index in [0.717, 1.165) is 0 Å². The predicted molar refractivity (Wildman–Crippen MR) is 41.3 cm³/mol. The fraction of sp³-hybridized carbons (Fsp3) is 0.714. The first-order chi connectivity index (χ1) is 5.74. The Morgan fingerprint density at radius 1 is 1.17 bits per heavy atom. The van der Waals surface area contributed by atoms with Crippen LogP contribution >= 0.6 is 0 Å². The van der Waals surface area contributed by atoms with Crippen LogP contribution in [0.15, 0.2) is 12.2 Å². The highest BCUT2D eigenvalue weighted by atomic mass is 16.6. The molecule has 0 aromatic heterocycles. The highest BCUT2D eigenvalue weighted by Gasteiger charge is 2.09. The predicted octanol–water partition coefficient (Wildman–Crippen LogP) is -1.78. The van der Waals surface area contributed by atoms with Crippen molar-refractivity contribution in [3.8, 4) is 0 Å². The second-order valence-electron chi connectivity index (χ2n) is 2.12. The Hall–Kier alpha value is -0.460. The maximum absolute atomic E-state index is 8.97. The molecule has 0 aliphatic rings. The van der Waals surface area contributed by atoms with Crippen molar-refractivity contribution >= 4 is 0 Å². The second-order valence-corrected chi connectivity index (χ2v) is 2.12. The van der Waals surface area contributed by atoms with Crippen molar-refractivity contribution in [2.24, 2.45) is 0 Å². The van der Waals surface area contributed by atoms with Crippen LogP contribution in [0, 0.1) is 0 Å². The van der Waals surface area contributed by atoms with E-state index < -0.39 is 12.4 Å². The molecule has 0 bridgehead atoms. The fourth-order valence-corrected chi connectivity index (χ4v) is 0.564. The first-order valence-electron chi connectivity index (χ1n) is 3.57. The van der Waals surface area contributed by atoms with Crippen molar-refractivity contribution in [3.63, 3.8) is 0 Å². The Balaban J connectivity index is 3.65. The smallest absolute Gasteiger partial charge is 0.174 e. The average Bonchev–Trinajstić information content (AvgIpc) is 2.10. The molecule has 5 heteroatoms. The molecule has 0 saturated carbocycles. The number of aliphatic hydroxyl groups excluding tert-OH is 4. The van der Waals surface area contributed by atoms with Crippen LogP contribution in [-0.2, 0) is 4.74 Å². The van der Waals surface area contributed by atoms with E-state index >= 15 is 0 Å². The molecule has 1 atom stereocenters. The van der Waals surface area contributed by atoms with Gasteiger partial charge in [-0.2, -0.15) is 0 Å². The van der Waals surface area contributed by atoms with Gasteiger partial charge in [0.15, 0.2) is 6.29 Å². The molecule has 0 saturated heterocycles. The van der Waals surface area contributed by atoms with Gasteiger partial charge in [0.25, 0.3) is 0 Å². The van der Waals surface area contributed by atoms with E-state index in [1.807, 2.05) is 0 Å². The molecular formula is C7H14O5. The summed E-state index contributed by atoms with van der Waals surface area (Å²) >= 11 is 0. The molecule has 0 aliphatic carbocycles. The number of hydrogen-bond donors (Lipinski definition) is 4. The summed E-state index contributed by atoms with van der Waals surface area (Å²) in [5.74, 6) is 0. The van der Waals surface area contributed by atoms with E-state index in [0.29, 0.717) is 0 Å². The molecule has 0 amide bonds. The zero-order valence-corrected chi connectivity index (χ0v) is 6.63. The van der Waals surface area contributed by atoms with Crippen LogP contribution in [0.25, 0.3) is 0 Å². The number of ether oxygens (including phenoxy) is 1. The van der Waals surface area contributed by atoms with Crippen LogP contribution in [0.1, 0.15) is 0 Å². The summed E-state index contributed by atoms with van der Waals surface area (Å²) < 4.78 is 4.71. The Bertz CT molecular complexity index is 121. The van der Waals surface area contributed by atoms with Crippen LogP contribution < -0.4 is 0 Å². The Morgan fingerprint density at radius 2 is 1.75 bits per heavy atom. The molecule has 72 valence electrons. The summed E-state index contributed by atoms with van der Waals surface area (Å²) in [5.41, 5.74) is 0. The molecule has 0 aliphatic heterocycles. The van der Waals surface area contributed by atoms with E-state index in [2.05, 4.69) is 0 Å². The third-order valence-electron chi connectivity index (χ3n) is 1.15. The van der Waals surface area contributed by atoms with E-state index in [1.165, 1.54) is 12.2 Å². The van der Waals surface area contributed by atoms with E-state index in [4.69, 9.17) is 25.2 Å². The van der Waals surface area contributed by atoms with Gasteiger partial charge >= 0.3 is 0 Å². The summed E-state index contributed by atoms with van der Waals surface area (Å²) in [6, 6.07) is 0. The number of rotatable bonds is 6. The quantitative estimate of drug-likeness (QED) is 0.285. The lowest BCUT2D eigenvalue weighted by molar-refractivity contribution is -0.131. The zero-order chi connectivity index (χ0) is 9.40. The van der Waals surface area contributed by atoms with Crippen LogP contribution in [-0.4, -0.2) is 52.6 Å². The van der Waals surface area contributed by atoms with E-state index in [1.54, 1.807) is 0 Å². The normalized spacial score (nSPS) is 14.4. The molecule has 0 spiro atoms. The van der Waals surface area contributed by atoms with Gasteiger partial charge in [0.2, 0.25) is 0 Å². The number of aliphatic hydroxyl groups is 4. The van der Waals surface area contributed by atoms with Crippen molar-refractivity contribution in [1.29, 1.82) is 0 Å². The van der Waals surface area contributed by atoms with Gasteiger partial charge in [-0.25, -0.2) is 0 Å².